The van der Waals surface area contributed by atoms with E-state index >= 15 is 0 Å². The summed E-state index contributed by atoms with van der Waals surface area (Å²) in [5, 5.41) is 13.0. The third-order valence-electron chi connectivity index (χ3n) is 6.36. The summed E-state index contributed by atoms with van der Waals surface area (Å²) in [6.07, 6.45) is 1.40. The predicted octanol–water partition coefficient (Wildman–Crippen LogP) is 1.77. The van der Waals surface area contributed by atoms with Crippen molar-refractivity contribution in [2.45, 2.75) is 13.5 Å². The summed E-state index contributed by atoms with van der Waals surface area (Å²) in [6, 6.07) is 13.2. The van der Waals surface area contributed by atoms with Gasteiger partial charge < -0.3 is 20.2 Å². The van der Waals surface area contributed by atoms with E-state index in [2.05, 4.69) is 49.2 Å². The zero-order valence-electron chi connectivity index (χ0n) is 19.7. The molecule has 4 aromatic rings. The van der Waals surface area contributed by atoms with E-state index in [0.717, 1.165) is 42.1 Å². The lowest BCUT2D eigenvalue weighted by atomic mass is 10.1. The number of rotatable bonds is 5. The van der Waals surface area contributed by atoms with E-state index in [1.807, 2.05) is 12.1 Å². The number of hydrogen-bond acceptors (Lipinski definition) is 8. The van der Waals surface area contributed by atoms with Gasteiger partial charge in [0.1, 0.15) is 5.39 Å². The number of H-pyrrole nitrogens is 1. The molecule has 0 aliphatic carbocycles. The molecule has 180 valence electrons. The van der Waals surface area contributed by atoms with Gasteiger partial charge in [-0.3, -0.25) is 9.78 Å². The normalized spacial score (nSPS) is 14.4. The first-order valence-corrected chi connectivity index (χ1v) is 11.5. The van der Waals surface area contributed by atoms with Crippen molar-refractivity contribution in [1.29, 1.82) is 0 Å². The van der Waals surface area contributed by atoms with Gasteiger partial charge in [-0.05, 0) is 43.8 Å². The van der Waals surface area contributed by atoms with Crippen LogP contribution in [0.25, 0.3) is 16.7 Å². The van der Waals surface area contributed by atoms with Crippen molar-refractivity contribution < 1.29 is 5.11 Å². The minimum Gasteiger partial charge on any atom is -0.392 e. The molecule has 10 heteroatoms. The maximum atomic E-state index is 13.2. The second kappa shape index (κ2) is 9.32. The number of aromatic nitrogens is 4. The van der Waals surface area contributed by atoms with Crippen LogP contribution in [0.1, 0.15) is 11.1 Å². The van der Waals surface area contributed by atoms with E-state index in [0.29, 0.717) is 16.8 Å². The lowest BCUT2D eigenvalue weighted by Gasteiger charge is -2.34. The van der Waals surface area contributed by atoms with Gasteiger partial charge in [-0.1, -0.05) is 18.2 Å². The zero-order chi connectivity index (χ0) is 24.5. The standard InChI is InChI=1S/C25H27N7O3/c1-16-4-3-5-17(15-33)21(16)32-23(34)20-14-26-24(28-22(20)29-25(32)35)27-18-6-8-19(9-7-18)31-12-10-30(2)11-13-31/h3-9,14,33H,10-13,15H2,1-2H3,(H2,26,27,28,29,35). The van der Waals surface area contributed by atoms with Gasteiger partial charge in [0, 0.05) is 49.3 Å². The summed E-state index contributed by atoms with van der Waals surface area (Å²) >= 11 is 0. The average molecular weight is 474 g/mol. The summed E-state index contributed by atoms with van der Waals surface area (Å²) in [4.78, 5) is 42.1. The highest BCUT2D eigenvalue weighted by Crippen LogP contribution is 2.22. The number of hydrogen-bond donors (Lipinski definition) is 3. The van der Waals surface area contributed by atoms with Crippen LogP contribution >= 0.6 is 0 Å². The molecule has 1 aliphatic rings. The van der Waals surface area contributed by atoms with Gasteiger partial charge in [-0.15, -0.1) is 0 Å². The first kappa shape index (κ1) is 22.8. The Hall–Kier alpha value is -4.02. The smallest absolute Gasteiger partial charge is 0.334 e. The van der Waals surface area contributed by atoms with Crippen molar-refractivity contribution in [3.8, 4) is 5.69 Å². The minimum atomic E-state index is -0.632. The van der Waals surface area contributed by atoms with Crippen molar-refractivity contribution in [2.24, 2.45) is 0 Å². The summed E-state index contributed by atoms with van der Waals surface area (Å²) in [5.74, 6) is 0.268. The Morgan fingerprint density at radius 1 is 1.06 bits per heavy atom. The van der Waals surface area contributed by atoms with Crippen molar-refractivity contribution >= 4 is 28.4 Å². The third-order valence-corrected chi connectivity index (χ3v) is 6.36. The van der Waals surface area contributed by atoms with E-state index in [9.17, 15) is 14.7 Å². The molecule has 3 N–H and O–H groups in total. The van der Waals surface area contributed by atoms with Gasteiger partial charge in [0.15, 0.2) is 5.65 Å². The fraction of sp³-hybridized carbons (Fsp3) is 0.280. The highest BCUT2D eigenvalue weighted by atomic mass is 16.3. The first-order chi connectivity index (χ1) is 16.9. The topological polar surface area (TPSA) is 119 Å². The average Bonchev–Trinajstić information content (AvgIpc) is 2.86. The predicted molar refractivity (Wildman–Crippen MR) is 136 cm³/mol. The number of fused-ring (bicyclic) bond motifs is 1. The van der Waals surface area contributed by atoms with Gasteiger partial charge in [-0.25, -0.2) is 14.3 Å². The number of piperazine rings is 1. The Morgan fingerprint density at radius 3 is 2.51 bits per heavy atom. The number of para-hydroxylation sites is 1. The highest BCUT2D eigenvalue weighted by Gasteiger charge is 2.17. The molecule has 0 atom stereocenters. The van der Waals surface area contributed by atoms with Gasteiger partial charge in [-0.2, -0.15) is 4.98 Å². The minimum absolute atomic E-state index is 0.141. The van der Waals surface area contributed by atoms with Crippen molar-refractivity contribution in [3.63, 3.8) is 0 Å². The Bertz CT molecular complexity index is 1490. The molecule has 3 heterocycles. The Balaban J connectivity index is 1.44. The number of nitrogens with one attached hydrogen (secondary N) is 2. The van der Waals surface area contributed by atoms with Gasteiger partial charge >= 0.3 is 5.69 Å². The number of benzene rings is 2. The largest absolute Gasteiger partial charge is 0.392 e. The number of nitrogens with zero attached hydrogens (tertiary/aromatic N) is 5. The molecule has 0 saturated carbocycles. The number of aliphatic hydroxyl groups is 1. The van der Waals surface area contributed by atoms with E-state index in [1.165, 1.54) is 6.20 Å². The van der Waals surface area contributed by atoms with Crippen molar-refractivity contribution in [1.82, 2.24) is 24.4 Å². The lowest BCUT2D eigenvalue weighted by Crippen LogP contribution is -2.44. The molecule has 1 saturated heterocycles. The second-order valence-corrected chi connectivity index (χ2v) is 8.73. The first-order valence-electron chi connectivity index (χ1n) is 11.5. The molecule has 0 radical (unpaired) electrons. The van der Waals surface area contributed by atoms with Gasteiger partial charge in [0.2, 0.25) is 5.95 Å². The Kier molecular flexibility index (Phi) is 6.06. The highest BCUT2D eigenvalue weighted by molar-refractivity contribution is 5.74. The Labute approximate surface area is 201 Å². The Morgan fingerprint density at radius 2 is 1.80 bits per heavy atom. The van der Waals surface area contributed by atoms with Crippen LogP contribution < -0.4 is 21.5 Å². The van der Waals surface area contributed by atoms with Gasteiger partial charge in [0.05, 0.1) is 12.3 Å². The van der Waals surface area contributed by atoms with Crippen LogP contribution in [0.3, 0.4) is 0 Å². The van der Waals surface area contributed by atoms with Crippen LogP contribution in [-0.4, -0.2) is 62.8 Å². The van der Waals surface area contributed by atoms with Gasteiger partial charge in [0.25, 0.3) is 5.56 Å². The van der Waals surface area contributed by atoms with E-state index in [-0.39, 0.29) is 23.6 Å². The lowest BCUT2D eigenvalue weighted by molar-refractivity contribution is 0.281. The molecule has 1 aliphatic heterocycles. The monoisotopic (exact) mass is 473 g/mol. The number of aryl methyl sites for hydroxylation is 1. The molecule has 0 spiro atoms. The molecule has 10 nitrogen and oxygen atoms in total. The number of anilines is 3. The van der Waals surface area contributed by atoms with E-state index in [1.54, 1.807) is 25.1 Å². The van der Waals surface area contributed by atoms with Crippen LogP contribution in [0.15, 0.2) is 58.3 Å². The quantitative estimate of drug-likeness (QED) is 0.401. The van der Waals surface area contributed by atoms with E-state index < -0.39 is 11.2 Å². The molecular formula is C25H27N7O3. The SMILES string of the molecule is Cc1cccc(CO)c1-n1c(=O)[nH]c2nc(Nc3ccc(N4CCN(C)CC4)cc3)ncc2c1=O. The molecule has 0 unspecified atom stereocenters. The second-order valence-electron chi connectivity index (χ2n) is 8.73. The van der Waals surface area contributed by atoms with Crippen LogP contribution in [0.2, 0.25) is 0 Å². The fourth-order valence-corrected chi connectivity index (χ4v) is 4.38. The summed E-state index contributed by atoms with van der Waals surface area (Å²) < 4.78 is 1.02. The molecule has 35 heavy (non-hydrogen) atoms. The van der Waals surface area contributed by atoms with Crippen molar-refractivity contribution in [3.05, 3.63) is 80.6 Å². The number of aliphatic hydroxyl groups excluding tert-OH is 1. The molecule has 0 bridgehead atoms. The molecule has 2 aromatic carbocycles. The van der Waals surface area contributed by atoms with Crippen LogP contribution in [-0.2, 0) is 6.61 Å². The molecule has 2 aromatic heterocycles. The van der Waals surface area contributed by atoms with Crippen LogP contribution in [0, 0.1) is 6.92 Å². The molecule has 5 rings (SSSR count). The fourth-order valence-electron chi connectivity index (χ4n) is 4.38. The number of likely N-dealkylation sites (N-methyl/N-ethyl adjacent to an activating group) is 1. The summed E-state index contributed by atoms with van der Waals surface area (Å²) in [5.41, 5.74) is 2.46. The van der Waals surface area contributed by atoms with Crippen LogP contribution in [0.5, 0.6) is 0 Å². The van der Waals surface area contributed by atoms with Crippen LogP contribution in [0.4, 0.5) is 17.3 Å². The molecule has 1 fully saturated rings. The summed E-state index contributed by atoms with van der Waals surface area (Å²) in [7, 11) is 2.13. The zero-order valence-corrected chi connectivity index (χ0v) is 19.7. The van der Waals surface area contributed by atoms with Crippen molar-refractivity contribution in [2.75, 3.05) is 43.4 Å². The molecule has 0 amide bonds. The maximum Gasteiger partial charge on any atom is 0.334 e. The van der Waals surface area contributed by atoms with E-state index in [4.69, 9.17) is 0 Å². The third kappa shape index (κ3) is 4.41. The maximum absolute atomic E-state index is 13.2. The number of aromatic amines is 1. The molecular weight excluding hydrogens is 446 g/mol. The summed E-state index contributed by atoms with van der Waals surface area (Å²) in [6.45, 7) is 5.54.